The maximum atomic E-state index is 15.7. The summed E-state index contributed by atoms with van der Waals surface area (Å²) in [5.41, 5.74) is 25.0. The number of para-hydroxylation sites is 1. The fourth-order valence-electron chi connectivity index (χ4n) is 16.1. The highest BCUT2D eigenvalue weighted by Crippen LogP contribution is 2.30. The molecule has 3 aliphatic rings. The van der Waals surface area contributed by atoms with Crippen LogP contribution in [0.2, 0.25) is 0 Å². The quantitative estimate of drug-likeness (QED) is 0.0155. The Bertz CT molecular complexity index is 4960. The van der Waals surface area contributed by atoms with Gasteiger partial charge in [0.25, 0.3) is 0 Å². The number of fused-ring (bicyclic) bond motifs is 4. The number of benzene rings is 3. The predicted octanol–water partition coefficient (Wildman–Crippen LogP) is -3.20. The summed E-state index contributed by atoms with van der Waals surface area (Å²) in [6.07, 6.45) is -0.253. The van der Waals surface area contributed by atoms with Gasteiger partial charge in [-0.1, -0.05) is 102 Å². The predicted molar refractivity (Wildman–Crippen MR) is 490 cm³/mol. The summed E-state index contributed by atoms with van der Waals surface area (Å²) in [6, 6.07) is -2.03. The lowest BCUT2D eigenvalue weighted by Gasteiger charge is -2.36. The lowest BCUT2D eigenvalue weighted by molar-refractivity contribution is -0.149. The van der Waals surface area contributed by atoms with E-state index in [9.17, 15) is 63.3 Å². The highest BCUT2D eigenvalue weighted by Gasteiger charge is 2.47. The summed E-state index contributed by atoms with van der Waals surface area (Å²) in [5.74, 6) is -18.1. The number of nitrogens with zero attached hydrogens (tertiary/aromatic N) is 5. The maximum Gasteiger partial charge on any atom is 0.246 e. The smallest absolute Gasteiger partial charge is 0.246 e. The van der Waals surface area contributed by atoms with E-state index in [1.807, 2.05) is 32.0 Å². The van der Waals surface area contributed by atoms with Crippen LogP contribution >= 0.6 is 23.1 Å². The van der Waals surface area contributed by atoms with E-state index in [1.54, 1.807) is 55.8 Å². The minimum atomic E-state index is -1.88. The van der Waals surface area contributed by atoms with Crippen molar-refractivity contribution < 1.29 is 96.8 Å². The van der Waals surface area contributed by atoms with Crippen LogP contribution in [0.25, 0.3) is 21.0 Å². The van der Waals surface area contributed by atoms with Crippen molar-refractivity contribution in [1.29, 1.82) is 5.41 Å². The molecule has 24 N–H and O–H groups in total. The first-order valence-electron chi connectivity index (χ1n) is 44.2. The number of phenols is 1. The molecule has 5 heterocycles. The number of thioether (sulfide) groups is 1. The summed E-state index contributed by atoms with van der Waals surface area (Å²) in [6.45, 7) is 5.41. The molecule has 3 aliphatic heterocycles. The number of primary amides is 2. The molecule has 0 saturated carbocycles. The molecule has 3 aromatic carbocycles. The van der Waals surface area contributed by atoms with Crippen molar-refractivity contribution in [3.05, 3.63) is 101 Å². The Hall–Kier alpha value is -12.6. The Balaban J connectivity index is 1.19. The van der Waals surface area contributed by atoms with Crippen LogP contribution in [0.1, 0.15) is 135 Å². The van der Waals surface area contributed by atoms with Crippen molar-refractivity contribution in [1.82, 2.24) is 88.0 Å². The summed E-state index contributed by atoms with van der Waals surface area (Å²) in [4.78, 5) is 257. The molecular weight excluding hydrogens is 1750 g/mol. The highest BCUT2D eigenvalue weighted by molar-refractivity contribution is 8.00. The number of nitrogens with two attached hydrogens (primary N) is 4. The first-order valence-corrected chi connectivity index (χ1v) is 46.2. The maximum absolute atomic E-state index is 15.7. The number of aromatic nitrogens is 1. The zero-order chi connectivity index (χ0) is 96.9. The molecule has 0 spiro atoms. The first kappa shape index (κ1) is 105. The number of unbranched alkanes of at least 4 members (excludes halogenated alkanes) is 2. The summed E-state index contributed by atoms with van der Waals surface area (Å²) in [5, 5.41) is 72.5. The zero-order valence-electron chi connectivity index (χ0n) is 75.4. The number of phenolic OH excluding ortho intramolecular Hbond substituents is 1. The number of hydrogen-bond donors (Lipinski definition) is 20. The molecule has 44 heteroatoms. The Morgan fingerprint density at radius 1 is 0.568 bits per heavy atom. The topological polar surface area (TPSA) is 643 Å². The molecule has 5 aromatic rings. The third kappa shape index (κ3) is 29.2. The lowest BCUT2D eigenvalue weighted by Crippen LogP contribution is -2.62. The van der Waals surface area contributed by atoms with E-state index in [4.69, 9.17) is 28.3 Å². The van der Waals surface area contributed by atoms with Gasteiger partial charge in [-0.05, 0) is 110 Å². The molecule has 132 heavy (non-hydrogen) atoms. The summed E-state index contributed by atoms with van der Waals surface area (Å²) >= 11 is 2.11. The highest BCUT2D eigenvalue weighted by atomic mass is 32.2. The van der Waals surface area contributed by atoms with E-state index in [0.717, 1.165) is 41.0 Å². The Morgan fingerprint density at radius 3 is 1.80 bits per heavy atom. The number of aliphatic hydroxyl groups is 2. The van der Waals surface area contributed by atoms with Gasteiger partial charge in [0.1, 0.15) is 90.3 Å². The molecule has 3 saturated heterocycles. The molecule has 15 atom stereocenters. The van der Waals surface area contributed by atoms with Crippen LogP contribution in [0.3, 0.4) is 0 Å². The van der Waals surface area contributed by atoms with Gasteiger partial charge in [0.05, 0.1) is 31.4 Å². The second-order valence-corrected chi connectivity index (χ2v) is 35.8. The summed E-state index contributed by atoms with van der Waals surface area (Å²) < 4.78 is 0.811. The van der Waals surface area contributed by atoms with Gasteiger partial charge in [-0.3, -0.25) is 86.9 Å². The normalized spacial score (nSPS) is 25.1. The van der Waals surface area contributed by atoms with Crippen LogP contribution in [-0.2, 0) is 101 Å². The van der Waals surface area contributed by atoms with Gasteiger partial charge >= 0.3 is 0 Å². The largest absolute Gasteiger partial charge is 0.508 e. The van der Waals surface area contributed by atoms with Crippen molar-refractivity contribution in [3.63, 3.8) is 0 Å². The number of amides is 17. The third-order valence-electron chi connectivity index (χ3n) is 23.5. The molecule has 0 aliphatic carbocycles. The van der Waals surface area contributed by atoms with E-state index in [0.29, 0.717) is 58.7 Å². The second-order valence-electron chi connectivity index (χ2n) is 33.8. The number of aliphatic hydroxyl groups excluding tert-OH is 2. The van der Waals surface area contributed by atoms with Gasteiger partial charge in [0.2, 0.25) is 100 Å². The number of carbonyl (C=O) groups excluding carboxylic acids is 17. The Labute approximate surface area is 772 Å². The number of aromatic hydroxyl groups is 1. The third-order valence-corrected chi connectivity index (χ3v) is 25.5. The van der Waals surface area contributed by atoms with Gasteiger partial charge in [0.15, 0.2) is 5.96 Å². The number of thiophene rings is 1. The first-order chi connectivity index (χ1) is 62.8. The van der Waals surface area contributed by atoms with Crippen LogP contribution in [-0.4, -0.2) is 314 Å². The number of H-pyrrole nitrogens is 1. The SMILES string of the molecule is CCCC[C@H]1C(=O)N(C)[C@@H](CCCC)C(=O)N[C@@H](CCCNC(=N)N)C(=O)N[C@H](C(=O)NCC(N)=O)CSCC(=O)N[C@@H](Cc2ccc(O)cc2)C(=O)N(C)[C@@H](C)C(=O)N[C@@H](CC(N)=O)C(=O)N2CCC[C@H]2C(=O)N[C@@H](CN)C(=O)N[C@@H](CC(C)C)C(=O)N2C[C@H](O)C[C@H]2C(=O)N[C@@H](Cc2c[nH]c3ccccc23)C(=O)N[C@@H](CO)C(=O)N[C@@H](Cc2csc3ccccc23)C(=O)N1C. The van der Waals surface area contributed by atoms with Crippen molar-refractivity contribution in [2.75, 3.05) is 72.0 Å². The van der Waals surface area contributed by atoms with Crippen molar-refractivity contribution in [2.24, 2.45) is 28.9 Å². The molecule has 0 radical (unpaired) electrons. The van der Waals surface area contributed by atoms with E-state index in [1.165, 1.54) is 63.7 Å². The minimum absolute atomic E-state index is 0.00343. The van der Waals surface area contributed by atoms with Crippen molar-refractivity contribution >= 4 is 150 Å². The van der Waals surface area contributed by atoms with Crippen molar-refractivity contribution in [2.45, 2.75) is 228 Å². The van der Waals surface area contributed by atoms with E-state index in [2.05, 4.69) is 63.5 Å². The number of hydrogen-bond acceptors (Lipinski definition) is 24. The average Bonchev–Trinajstić information content (AvgIpc) is 1.60. The summed E-state index contributed by atoms with van der Waals surface area (Å²) in [7, 11) is 3.91. The Morgan fingerprint density at radius 2 is 1.14 bits per heavy atom. The molecule has 0 bridgehead atoms. The second kappa shape index (κ2) is 50.2. The zero-order valence-corrected chi connectivity index (χ0v) is 77.1. The number of aromatic amines is 1. The van der Waals surface area contributed by atoms with Gasteiger partial charge in [-0.2, -0.15) is 0 Å². The molecule has 2 aromatic heterocycles. The number of likely N-dealkylation sites (N-methyl/N-ethyl adjacent to an activating group) is 3. The van der Waals surface area contributed by atoms with E-state index >= 15 is 33.6 Å². The monoisotopic (exact) mass is 1870 g/mol. The number of rotatable bonds is 25. The van der Waals surface area contributed by atoms with Crippen LogP contribution in [0, 0.1) is 11.3 Å². The standard InChI is InChI=1S/C88H126N22O20S2/c1-9-11-23-66-80(123)98-57(22-17-31-94-88(92)93)76(119)105-65(75(118)96-41-72(91)115)45-131-46-73(116)97-60(34-49-27-29-52(112)30-28-49)83(126)106(6)48(5)74(117)100-62(38-71(90)114)85(128)109-32-18-25-67(109)81(124)103-63(39-89)78(121)101-59(33-47(3)4)86(129)110-42-53(113)37-69(110)82(125)99-58(35-50-40-95-56-21-15-13-19-54(50)56)77(120)104-64(43-111)79(122)102-61(36-51-44-132-70-26-16-14-20-55(51)70)84(127)108(8)68(24-12-10-2)87(130)107(66)7/h13-16,19-21,26-30,40,44,47-48,53,57-69,95,111-113H,9-12,17-18,22-25,31-39,41-43,45-46,89H2,1-8H3,(H2,90,114)(H2,91,115)(H,96,118)(H,97,116)(H,98,123)(H,99,125)(H,100,117)(H,101,121)(H,102,122)(H,103,124)(H,104,120)(H,105,119)(H4,92,93,94)/t48-,53+,57-,58-,59-,60-,61-,62-,63-,64-,65-,66-,67-,68-,69-/m0/s1. The number of guanidine groups is 1. The van der Waals surface area contributed by atoms with Gasteiger partial charge in [0, 0.05) is 101 Å². The van der Waals surface area contributed by atoms with Crippen LogP contribution in [0.15, 0.2) is 84.4 Å². The molecule has 3 fully saturated rings. The van der Waals surface area contributed by atoms with Gasteiger partial charge in [-0.15, -0.1) is 23.1 Å². The van der Waals surface area contributed by atoms with E-state index in [-0.39, 0.29) is 95.4 Å². The molecule has 8 rings (SSSR count). The lowest BCUT2D eigenvalue weighted by atomic mass is 10.00. The fourth-order valence-corrected chi connectivity index (χ4v) is 17.9. The molecule has 0 unspecified atom stereocenters. The average molecular weight is 1880 g/mol. The molecule has 720 valence electrons. The van der Waals surface area contributed by atoms with Crippen molar-refractivity contribution in [3.8, 4) is 5.75 Å². The molecular formula is C88H126N22O20S2. The molecule has 42 nitrogen and oxygen atoms in total. The van der Waals surface area contributed by atoms with Crippen LogP contribution < -0.4 is 81.4 Å². The van der Waals surface area contributed by atoms with E-state index < -0.39 is 241 Å². The van der Waals surface area contributed by atoms with Gasteiger partial charge in [-0.25, -0.2) is 0 Å². The number of nitrogens with one attached hydrogen (secondary N) is 13. The van der Waals surface area contributed by atoms with Crippen LogP contribution in [0.5, 0.6) is 5.75 Å². The number of carbonyl (C=O) groups is 17. The minimum Gasteiger partial charge on any atom is -0.508 e. The van der Waals surface area contributed by atoms with Crippen LogP contribution in [0.4, 0.5) is 0 Å². The molecule has 17 amide bonds. The fraction of sp³-hybridized carbons (Fsp3) is 0.545. The van der Waals surface area contributed by atoms with Gasteiger partial charge < -0.3 is 126 Å². The Kier molecular flexibility index (Phi) is 39.8.